The van der Waals surface area contributed by atoms with E-state index in [1.807, 2.05) is 54.6 Å². The summed E-state index contributed by atoms with van der Waals surface area (Å²) in [7, 11) is 3.33. The largest absolute Gasteiger partial charge is 0.497 e. The number of carbonyl (C=O) groups is 1. The van der Waals surface area contributed by atoms with Gasteiger partial charge in [0.05, 0.1) is 27.4 Å². The molecule has 8 nitrogen and oxygen atoms in total. The van der Waals surface area contributed by atoms with E-state index in [1.54, 1.807) is 14.2 Å². The molecule has 0 spiro atoms. The molecular weight excluding hydrogens is 590 g/mol. The summed E-state index contributed by atoms with van der Waals surface area (Å²) in [6.45, 7) is 5.80. The van der Waals surface area contributed by atoms with Gasteiger partial charge in [-0.3, -0.25) is 9.69 Å². The van der Waals surface area contributed by atoms with Gasteiger partial charge in [0.1, 0.15) is 12.4 Å². The third kappa shape index (κ3) is 8.14. The molecule has 1 saturated heterocycles. The van der Waals surface area contributed by atoms with Gasteiger partial charge in [-0.2, -0.15) is 0 Å². The Morgan fingerprint density at radius 3 is 2.38 bits per heavy atom. The zero-order valence-electron chi connectivity index (χ0n) is 27.2. The van der Waals surface area contributed by atoms with Gasteiger partial charge in [-0.25, -0.2) is 0 Å². The van der Waals surface area contributed by atoms with Crippen LogP contribution in [0, 0.1) is 0 Å². The highest BCUT2D eigenvalue weighted by Gasteiger charge is 2.24. The van der Waals surface area contributed by atoms with Crippen LogP contribution in [0.3, 0.4) is 0 Å². The van der Waals surface area contributed by atoms with E-state index in [1.165, 1.54) is 0 Å². The molecule has 1 atom stereocenters. The fourth-order valence-electron chi connectivity index (χ4n) is 6.21. The average Bonchev–Trinajstić information content (AvgIpc) is 3.48. The van der Waals surface area contributed by atoms with Crippen LogP contribution in [-0.4, -0.2) is 69.0 Å². The Morgan fingerprint density at radius 2 is 1.62 bits per heavy atom. The third-order valence-electron chi connectivity index (χ3n) is 8.78. The van der Waals surface area contributed by atoms with Gasteiger partial charge in [0.15, 0.2) is 11.5 Å². The van der Waals surface area contributed by atoms with Crippen molar-refractivity contribution in [3.05, 3.63) is 126 Å². The number of para-hydroxylation sites is 1. The number of benzene rings is 4. The highest BCUT2D eigenvalue weighted by Crippen LogP contribution is 2.39. The van der Waals surface area contributed by atoms with Gasteiger partial charge in [-0.15, -0.1) is 0 Å². The van der Waals surface area contributed by atoms with E-state index >= 15 is 0 Å². The number of nitrogens with zero attached hydrogens (tertiary/aromatic N) is 2. The molecule has 2 heterocycles. The summed E-state index contributed by atoms with van der Waals surface area (Å²) < 4.78 is 25.1. The fraction of sp³-hybridized carbons (Fsp3) is 0.308. The van der Waals surface area contributed by atoms with Gasteiger partial charge >= 0.3 is 0 Å². The molecular formula is C39H43N3O5. The molecule has 0 unspecified atom stereocenters. The van der Waals surface area contributed by atoms with Crippen LogP contribution in [0.15, 0.2) is 103 Å². The molecule has 244 valence electrons. The van der Waals surface area contributed by atoms with Gasteiger partial charge in [-0.05, 0) is 52.6 Å². The molecule has 1 aromatic heterocycles. The predicted molar refractivity (Wildman–Crippen MR) is 185 cm³/mol. The normalized spacial score (nSPS) is 14.1. The second-order valence-corrected chi connectivity index (χ2v) is 11.8. The van der Waals surface area contributed by atoms with Crippen LogP contribution in [0.25, 0.3) is 10.9 Å². The quantitative estimate of drug-likeness (QED) is 0.156. The molecule has 0 bridgehead atoms. The van der Waals surface area contributed by atoms with Crippen molar-refractivity contribution in [3.8, 4) is 17.2 Å². The molecule has 0 radical (unpaired) electrons. The Hall–Kier alpha value is -4.79. The van der Waals surface area contributed by atoms with Gasteiger partial charge in [0.25, 0.3) is 0 Å². The summed E-state index contributed by atoms with van der Waals surface area (Å²) in [6, 6.07) is 32.7. The number of methoxy groups -OCH3 is 2. The number of hydrogen-bond donors (Lipinski definition) is 1. The summed E-state index contributed by atoms with van der Waals surface area (Å²) in [6.07, 6.45) is 2.50. The molecule has 1 aliphatic rings. The van der Waals surface area contributed by atoms with E-state index in [2.05, 4.69) is 63.4 Å². The smallest absolute Gasteiger partial charge is 0.220 e. The first-order chi connectivity index (χ1) is 23.1. The van der Waals surface area contributed by atoms with Crippen LogP contribution in [0.4, 0.5) is 0 Å². The van der Waals surface area contributed by atoms with Crippen LogP contribution in [-0.2, 0) is 22.7 Å². The van der Waals surface area contributed by atoms with Crippen molar-refractivity contribution in [2.75, 3.05) is 53.6 Å². The van der Waals surface area contributed by atoms with Crippen molar-refractivity contribution >= 4 is 16.8 Å². The first-order valence-electron chi connectivity index (χ1n) is 16.2. The molecule has 1 aliphatic heterocycles. The molecule has 1 N–H and O–H groups in total. The van der Waals surface area contributed by atoms with Crippen LogP contribution in [0.2, 0.25) is 0 Å². The molecule has 6 rings (SSSR count). The van der Waals surface area contributed by atoms with E-state index < -0.39 is 0 Å². The second-order valence-electron chi connectivity index (χ2n) is 11.8. The maximum Gasteiger partial charge on any atom is 0.220 e. The zero-order valence-corrected chi connectivity index (χ0v) is 27.2. The molecule has 5 aromatic rings. The van der Waals surface area contributed by atoms with Crippen molar-refractivity contribution in [3.63, 3.8) is 0 Å². The lowest BCUT2D eigenvalue weighted by atomic mass is 9.87. The van der Waals surface area contributed by atoms with Crippen LogP contribution in [0.1, 0.15) is 34.6 Å². The van der Waals surface area contributed by atoms with Crippen molar-refractivity contribution < 1.29 is 23.7 Å². The van der Waals surface area contributed by atoms with E-state index in [4.69, 9.17) is 18.9 Å². The SMILES string of the molecule is COc1ccc(Cn2cc([C@H](CC(=O)NCCN3CCOCC3)c3ccc(OCc4ccccc4)c(OC)c3)c3ccccc32)cc1. The molecule has 4 aromatic carbocycles. The third-order valence-corrected chi connectivity index (χ3v) is 8.78. The molecule has 1 fully saturated rings. The van der Waals surface area contributed by atoms with Crippen molar-refractivity contribution in [2.45, 2.75) is 25.5 Å². The van der Waals surface area contributed by atoms with Gasteiger partial charge in [0.2, 0.25) is 5.91 Å². The molecule has 47 heavy (non-hydrogen) atoms. The maximum atomic E-state index is 13.6. The minimum absolute atomic E-state index is 0.0126. The average molecular weight is 634 g/mol. The Bertz CT molecular complexity index is 1750. The summed E-state index contributed by atoms with van der Waals surface area (Å²) in [5.74, 6) is 1.93. The predicted octanol–water partition coefficient (Wildman–Crippen LogP) is 6.26. The Kier molecular flexibility index (Phi) is 10.7. The van der Waals surface area contributed by atoms with Crippen molar-refractivity contribution in [1.29, 1.82) is 0 Å². The van der Waals surface area contributed by atoms with Crippen LogP contribution >= 0.6 is 0 Å². The topological polar surface area (TPSA) is 74.2 Å². The Balaban J connectivity index is 1.30. The van der Waals surface area contributed by atoms with Crippen LogP contribution in [0.5, 0.6) is 17.2 Å². The fourth-order valence-corrected chi connectivity index (χ4v) is 6.21. The number of amides is 1. The molecule has 8 heteroatoms. The van der Waals surface area contributed by atoms with Crippen molar-refractivity contribution in [1.82, 2.24) is 14.8 Å². The Labute approximate surface area is 276 Å². The summed E-state index contributed by atoms with van der Waals surface area (Å²) in [4.78, 5) is 15.9. The maximum absolute atomic E-state index is 13.6. The Morgan fingerprint density at radius 1 is 0.851 bits per heavy atom. The number of hydrogen-bond acceptors (Lipinski definition) is 6. The highest BCUT2D eigenvalue weighted by molar-refractivity contribution is 5.87. The first-order valence-corrected chi connectivity index (χ1v) is 16.2. The van der Waals surface area contributed by atoms with E-state index in [0.717, 1.165) is 71.8 Å². The summed E-state index contributed by atoms with van der Waals surface area (Å²) in [5, 5.41) is 4.31. The molecule has 0 aliphatic carbocycles. The summed E-state index contributed by atoms with van der Waals surface area (Å²) in [5.41, 5.74) is 5.44. The minimum Gasteiger partial charge on any atom is -0.497 e. The standard InChI is InChI=1S/C39H43N3O5/c1-44-32-15-12-29(13-16-32)26-42-27-35(33-10-6-7-11-36(33)42)34(25-39(43)40-18-19-41-20-22-46-23-21-41)31-14-17-37(38(24-31)45-2)47-28-30-8-4-3-5-9-30/h3-17,24,27,34H,18-23,25-26,28H2,1-2H3,(H,40,43)/t34-/m1/s1. The number of carbonyl (C=O) groups excluding carboxylic acids is 1. The van der Waals surface area contributed by atoms with Gasteiger partial charge in [0, 0.05) is 62.2 Å². The van der Waals surface area contributed by atoms with Crippen LogP contribution < -0.4 is 19.5 Å². The van der Waals surface area contributed by atoms with E-state index in [9.17, 15) is 4.79 Å². The number of rotatable bonds is 14. The first kappa shape index (κ1) is 32.2. The lowest BCUT2D eigenvalue weighted by Gasteiger charge is -2.26. The molecule has 1 amide bonds. The van der Waals surface area contributed by atoms with Gasteiger partial charge in [-0.1, -0.05) is 66.7 Å². The highest BCUT2D eigenvalue weighted by atomic mass is 16.5. The second kappa shape index (κ2) is 15.7. The lowest BCUT2D eigenvalue weighted by Crippen LogP contribution is -2.41. The van der Waals surface area contributed by atoms with E-state index in [-0.39, 0.29) is 11.8 Å². The number of fused-ring (bicyclic) bond motifs is 1. The lowest BCUT2D eigenvalue weighted by molar-refractivity contribution is -0.121. The number of nitrogens with one attached hydrogen (secondary N) is 1. The number of aromatic nitrogens is 1. The minimum atomic E-state index is -0.211. The zero-order chi connectivity index (χ0) is 32.4. The molecule has 0 saturated carbocycles. The number of ether oxygens (including phenoxy) is 4. The van der Waals surface area contributed by atoms with Crippen molar-refractivity contribution in [2.24, 2.45) is 0 Å². The summed E-state index contributed by atoms with van der Waals surface area (Å²) >= 11 is 0. The van der Waals surface area contributed by atoms with E-state index in [0.29, 0.717) is 37.6 Å². The van der Waals surface area contributed by atoms with Gasteiger partial charge < -0.3 is 28.8 Å². The number of morpholine rings is 1. The monoisotopic (exact) mass is 633 g/mol.